The van der Waals surface area contributed by atoms with Crippen LogP contribution in [0, 0.1) is 0 Å². The zero-order chi connectivity index (χ0) is 15.5. The van der Waals surface area contributed by atoms with Crippen LogP contribution in [0.5, 0.6) is 5.88 Å². The monoisotopic (exact) mass is 299 g/mol. The van der Waals surface area contributed by atoms with Gasteiger partial charge in [0.15, 0.2) is 0 Å². The largest absolute Gasteiger partial charge is 0.494 e. The van der Waals surface area contributed by atoms with E-state index >= 15 is 0 Å². The first-order valence-corrected chi connectivity index (χ1v) is 7.28. The van der Waals surface area contributed by atoms with E-state index in [2.05, 4.69) is 9.98 Å². The molecule has 1 aliphatic carbocycles. The third-order valence-corrected chi connectivity index (χ3v) is 3.64. The van der Waals surface area contributed by atoms with Crippen LogP contribution in [0.4, 0.5) is 0 Å². The maximum Gasteiger partial charge on any atom is 0.331 e. The molecule has 3 rings (SSSR count). The molecule has 1 aliphatic rings. The SMILES string of the molecule is O=c1[nH]c(=O)n(CCc2ccccc2)c(O)c1C=NC1CC1. The molecule has 0 spiro atoms. The highest BCUT2D eigenvalue weighted by atomic mass is 16.3. The van der Waals surface area contributed by atoms with Crippen molar-refractivity contribution in [3.05, 3.63) is 62.3 Å². The van der Waals surface area contributed by atoms with Crippen LogP contribution in [0.15, 0.2) is 44.9 Å². The van der Waals surface area contributed by atoms with Crippen LogP contribution in [0.25, 0.3) is 0 Å². The molecule has 1 aromatic carbocycles. The molecule has 22 heavy (non-hydrogen) atoms. The number of aromatic nitrogens is 2. The fraction of sp³-hybridized carbons (Fsp3) is 0.312. The van der Waals surface area contributed by atoms with Crippen LogP contribution in [-0.4, -0.2) is 26.9 Å². The van der Waals surface area contributed by atoms with Crippen molar-refractivity contribution in [1.29, 1.82) is 0 Å². The summed E-state index contributed by atoms with van der Waals surface area (Å²) in [5, 5.41) is 10.2. The fourth-order valence-electron chi connectivity index (χ4n) is 2.19. The summed E-state index contributed by atoms with van der Waals surface area (Å²) in [6.45, 7) is 0.287. The molecular formula is C16H17N3O3. The van der Waals surface area contributed by atoms with Crippen LogP contribution < -0.4 is 11.2 Å². The van der Waals surface area contributed by atoms with Crippen LogP contribution in [0.2, 0.25) is 0 Å². The number of benzene rings is 1. The molecule has 0 atom stereocenters. The second kappa shape index (κ2) is 6.01. The van der Waals surface area contributed by atoms with Gasteiger partial charge >= 0.3 is 5.69 Å². The van der Waals surface area contributed by atoms with Crippen molar-refractivity contribution >= 4 is 6.21 Å². The van der Waals surface area contributed by atoms with Crippen molar-refractivity contribution in [2.24, 2.45) is 4.99 Å². The summed E-state index contributed by atoms with van der Waals surface area (Å²) < 4.78 is 1.17. The van der Waals surface area contributed by atoms with Gasteiger partial charge in [0, 0.05) is 12.8 Å². The van der Waals surface area contributed by atoms with Gasteiger partial charge in [0.25, 0.3) is 5.56 Å². The molecule has 1 fully saturated rings. The van der Waals surface area contributed by atoms with Gasteiger partial charge in [-0.05, 0) is 24.8 Å². The molecule has 1 saturated carbocycles. The lowest BCUT2D eigenvalue weighted by Gasteiger charge is -2.09. The molecule has 2 aromatic rings. The van der Waals surface area contributed by atoms with E-state index in [0.717, 1.165) is 18.4 Å². The number of hydrogen-bond donors (Lipinski definition) is 2. The number of hydrogen-bond acceptors (Lipinski definition) is 4. The van der Waals surface area contributed by atoms with E-state index in [1.165, 1.54) is 10.8 Å². The molecule has 0 saturated heterocycles. The highest BCUT2D eigenvalue weighted by Gasteiger charge is 2.20. The molecule has 0 bridgehead atoms. The summed E-state index contributed by atoms with van der Waals surface area (Å²) in [5.74, 6) is -0.325. The van der Waals surface area contributed by atoms with Crippen LogP contribution >= 0.6 is 0 Å². The number of aryl methyl sites for hydroxylation is 1. The zero-order valence-corrected chi connectivity index (χ0v) is 12.0. The minimum absolute atomic E-state index is 0.0413. The first-order chi connectivity index (χ1) is 10.6. The Morgan fingerprint density at radius 3 is 2.68 bits per heavy atom. The number of nitrogens with one attached hydrogen (secondary N) is 1. The average Bonchev–Trinajstić information content (AvgIpc) is 3.32. The summed E-state index contributed by atoms with van der Waals surface area (Å²) in [5.41, 5.74) is -0.127. The Hall–Kier alpha value is -2.63. The minimum atomic E-state index is -0.609. The van der Waals surface area contributed by atoms with Gasteiger partial charge in [-0.2, -0.15) is 0 Å². The van der Waals surface area contributed by atoms with Crippen molar-refractivity contribution in [2.75, 3.05) is 0 Å². The van der Waals surface area contributed by atoms with Crippen molar-refractivity contribution in [3.63, 3.8) is 0 Å². The van der Waals surface area contributed by atoms with Crippen molar-refractivity contribution in [1.82, 2.24) is 9.55 Å². The molecule has 0 amide bonds. The summed E-state index contributed by atoms with van der Waals surface area (Å²) in [6, 6.07) is 9.88. The Labute approximate surface area is 126 Å². The number of aromatic hydroxyl groups is 1. The molecule has 0 radical (unpaired) electrons. The number of H-pyrrole nitrogens is 1. The van der Waals surface area contributed by atoms with Gasteiger partial charge in [-0.15, -0.1) is 0 Å². The fourth-order valence-corrected chi connectivity index (χ4v) is 2.19. The Kier molecular flexibility index (Phi) is 3.91. The molecule has 1 aromatic heterocycles. The molecule has 2 N–H and O–H groups in total. The van der Waals surface area contributed by atoms with E-state index in [1.54, 1.807) is 0 Å². The summed E-state index contributed by atoms with van der Waals surface area (Å²) in [7, 11) is 0. The molecule has 6 heteroatoms. The van der Waals surface area contributed by atoms with Gasteiger partial charge in [-0.1, -0.05) is 30.3 Å². The summed E-state index contributed by atoms with van der Waals surface area (Å²) in [6.07, 6.45) is 3.95. The van der Waals surface area contributed by atoms with Crippen LogP contribution in [-0.2, 0) is 13.0 Å². The van der Waals surface area contributed by atoms with Gasteiger partial charge in [-0.25, -0.2) is 4.79 Å². The van der Waals surface area contributed by atoms with Crippen LogP contribution in [0.3, 0.4) is 0 Å². The smallest absolute Gasteiger partial charge is 0.331 e. The maximum atomic E-state index is 11.9. The predicted octanol–water partition coefficient (Wildman–Crippen LogP) is 1.07. The zero-order valence-electron chi connectivity index (χ0n) is 12.0. The third kappa shape index (κ3) is 3.16. The Balaban J connectivity index is 1.88. The molecule has 6 nitrogen and oxygen atoms in total. The lowest BCUT2D eigenvalue weighted by Crippen LogP contribution is -2.32. The predicted molar refractivity (Wildman–Crippen MR) is 83.7 cm³/mol. The molecule has 114 valence electrons. The Bertz CT molecular complexity index is 802. The molecule has 0 unspecified atom stereocenters. The topological polar surface area (TPSA) is 87.5 Å². The van der Waals surface area contributed by atoms with E-state index in [-0.39, 0.29) is 24.0 Å². The first-order valence-electron chi connectivity index (χ1n) is 7.28. The van der Waals surface area contributed by atoms with E-state index < -0.39 is 11.2 Å². The van der Waals surface area contributed by atoms with Crippen molar-refractivity contribution in [2.45, 2.75) is 31.8 Å². The second-order valence-electron chi connectivity index (χ2n) is 5.39. The van der Waals surface area contributed by atoms with Crippen LogP contribution in [0.1, 0.15) is 24.0 Å². The van der Waals surface area contributed by atoms with Gasteiger partial charge in [0.05, 0.1) is 6.04 Å². The van der Waals surface area contributed by atoms with E-state index in [9.17, 15) is 14.7 Å². The maximum absolute atomic E-state index is 11.9. The second-order valence-corrected chi connectivity index (χ2v) is 5.39. The van der Waals surface area contributed by atoms with Crippen molar-refractivity contribution in [3.8, 4) is 5.88 Å². The molecule has 1 heterocycles. The highest BCUT2D eigenvalue weighted by molar-refractivity contribution is 5.82. The normalized spacial score (nSPS) is 14.5. The number of rotatable bonds is 5. The standard InChI is InChI=1S/C16H17N3O3/c20-14-13(10-17-12-6-7-12)15(21)19(16(22)18-14)9-8-11-4-2-1-3-5-11/h1-5,10,12,21H,6-9H2,(H,18,20,22). The Morgan fingerprint density at radius 2 is 2.00 bits per heavy atom. The van der Waals surface area contributed by atoms with E-state index in [1.807, 2.05) is 30.3 Å². The number of aromatic amines is 1. The van der Waals surface area contributed by atoms with Gasteiger partial charge < -0.3 is 5.11 Å². The van der Waals surface area contributed by atoms with E-state index in [0.29, 0.717) is 6.42 Å². The quantitative estimate of drug-likeness (QED) is 0.809. The molecular weight excluding hydrogens is 282 g/mol. The number of aliphatic imine (C=N–C) groups is 1. The highest BCUT2D eigenvalue weighted by Crippen LogP contribution is 2.23. The van der Waals surface area contributed by atoms with Gasteiger partial charge in [-0.3, -0.25) is 19.3 Å². The lowest BCUT2D eigenvalue weighted by atomic mass is 10.1. The number of nitrogens with zero attached hydrogens (tertiary/aromatic N) is 2. The molecule has 0 aliphatic heterocycles. The third-order valence-electron chi connectivity index (χ3n) is 3.64. The van der Waals surface area contributed by atoms with Crippen molar-refractivity contribution < 1.29 is 5.11 Å². The summed E-state index contributed by atoms with van der Waals surface area (Å²) in [4.78, 5) is 30.1. The summed E-state index contributed by atoms with van der Waals surface area (Å²) >= 11 is 0. The first kappa shape index (κ1) is 14.3. The van der Waals surface area contributed by atoms with E-state index in [4.69, 9.17) is 0 Å². The lowest BCUT2D eigenvalue weighted by molar-refractivity contribution is 0.399. The Morgan fingerprint density at radius 1 is 1.27 bits per heavy atom. The minimum Gasteiger partial charge on any atom is -0.494 e. The average molecular weight is 299 g/mol. The van der Waals surface area contributed by atoms with Gasteiger partial charge in [0.1, 0.15) is 5.56 Å². The van der Waals surface area contributed by atoms with Gasteiger partial charge in [0.2, 0.25) is 5.88 Å².